The van der Waals surface area contributed by atoms with Gasteiger partial charge in [0.2, 0.25) is 23.6 Å². The van der Waals surface area contributed by atoms with Crippen molar-refractivity contribution in [2.75, 3.05) is 11.9 Å². The van der Waals surface area contributed by atoms with Gasteiger partial charge in [-0.15, -0.1) is 0 Å². The molecule has 3 fully saturated rings. The van der Waals surface area contributed by atoms with Gasteiger partial charge in [0.15, 0.2) is 0 Å². The van der Waals surface area contributed by atoms with E-state index in [2.05, 4.69) is 24.3 Å². The minimum Gasteiger partial charge on any atom is -0.285 e. The molecule has 6 heteroatoms. The van der Waals surface area contributed by atoms with Crippen LogP contribution in [0.3, 0.4) is 0 Å². The summed E-state index contributed by atoms with van der Waals surface area (Å²) in [6.45, 7) is 2.04. The van der Waals surface area contributed by atoms with Crippen molar-refractivity contribution in [1.29, 1.82) is 0 Å². The van der Waals surface area contributed by atoms with Gasteiger partial charge in [-0.05, 0) is 36.6 Å². The predicted molar refractivity (Wildman–Crippen MR) is 105 cm³/mol. The van der Waals surface area contributed by atoms with Crippen molar-refractivity contribution >= 4 is 29.3 Å². The molecule has 6 nitrogen and oxygen atoms in total. The van der Waals surface area contributed by atoms with E-state index in [9.17, 15) is 19.2 Å². The van der Waals surface area contributed by atoms with Crippen molar-refractivity contribution in [2.24, 2.45) is 23.7 Å². The smallest absolute Gasteiger partial charge is 0.238 e. The van der Waals surface area contributed by atoms with Crippen molar-refractivity contribution in [3.8, 4) is 0 Å². The Bertz CT molecular complexity index is 1020. The third-order valence-electron chi connectivity index (χ3n) is 6.51. The zero-order valence-electron chi connectivity index (χ0n) is 16.2. The molecule has 2 saturated heterocycles. The Morgan fingerprint density at radius 3 is 1.55 bits per heavy atom. The molecule has 3 aliphatic rings. The van der Waals surface area contributed by atoms with Crippen LogP contribution in [0.1, 0.15) is 16.7 Å². The fraction of sp³-hybridized carbons (Fsp3) is 0.304. The van der Waals surface area contributed by atoms with Gasteiger partial charge in [-0.1, -0.05) is 42.0 Å². The van der Waals surface area contributed by atoms with Gasteiger partial charge in [0, 0.05) is 7.05 Å². The summed E-state index contributed by atoms with van der Waals surface area (Å²) in [5, 5.41) is 0. The van der Waals surface area contributed by atoms with E-state index >= 15 is 0 Å². The Balaban J connectivity index is 1.37. The molecule has 2 heterocycles. The minimum atomic E-state index is -0.707. The lowest BCUT2D eigenvalue weighted by atomic mass is 9.59. The standard InChI is InChI=1S/C23H20N2O4/c1-12-3-5-13(6-4-12)11-14-7-9-15(10-8-14)25-22(28)18-16-17(19(18)23(25)29)21(27)24(2)20(16)26/h3-10,16-19H,11H2,1-2H3. The maximum atomic E-state index is 12.9. The van der Waals surface area contributed by atoms with Crippen molar-refractivity contribution < 1.29 is 19.2 Å². The number of fused-ring (bicyclic) bond motifs is 4. The summed E-state index contributed by atoms with van der Waals surface area (Å²) in [4.78, 5) is 52.6. The SMILES string of the molecule is Cc1ccc(Cc2ccc(N3C(=O)C4C5C(=O)N(C)C(=O)C5C4C3=O)cc2)cc1. The summed E-state index contributed by atoms with van der Waals surface area (Å²) in [6, 6.07) is 15.6. The zero-order valence-corrected chi connectivity index (χ0v) is 16.2. The molecule has 0 aromatic heterocycles. The topological polar surface area (TPSA) is 74.8 Å². The van der Waals surface area contributed by atoms with Crippen LogP contribution in [0.15, 0.2) is 48.5 Å². The molecule has 0 radical (unpaired) electrons. The number of hydrogen-bond donors (Lipinski definition) is 0. The molecule has 4 atom stereocenters. The number of carbonyl (C=O) groups excluding carboxylic acids is 4. The van der Waals surface area contributed by atoms with E-state index in [1.807, 2.05) is 19.1 Å². The zero-order chi connectivity index (χ0) is 20.4. The van der Waals surface area contributed by atoms with Gasteiger partial charge in [0.05, 0.1) is 29.4 Å². The van der Waals surface area contributed by atoms with E-state index in [1.165, 1.54) is 18.2 Å². The molecule has 29 heavy (non-hydrogen) atoms. The number of aryl methyl sites for hydroxylation is 1. The first-order valence-corrected chi connectivity index (χ1v) is 9.72. The maximum absolute atomic E-state index is 12.9. The summed E-state index contributed by atoms with van der Waals surface area (Å²) < 4.78 is 0. The Hall–Kier alpha value is -3.28. The van der Waals surface area contributed by atoms with Crippen LogP contribution in [-0.4, -0.2) is 35.6 Å². The third kappa shape index (κ3) is 2.41. The number of amides is 4. The van der Waals surface area contributed by atoms with Gasteiger partial charge in [-0.25, -0.2) is 0 Å². The molecule has 146 valence electrons. The summed E-state index contributed by atoms with van der Waals surface area (Å²) in [5.41, 5.74) is 3.96. The average Bonchev–Trinajstić information content (AvgIpc) is 2.99. The number of likely N-dealkylation sites (tertiary alicyclic amines) is 1. The lowest BCUT2D eigenvalue weighted by Gasteiger charge is -2.36. The van der Waals surface area contributed by atoms with E-state index in [4.69, 9.17) is 0 Å². The van der Waals surface area contributed by atoms with Gasteiger partial charge < -0.3 is 0 Å². The highest BCUT2D eigenvalue weighted by molar-refractivity contribution is 6.27. The molecular formula is C23H20N2O4. The van der Waals surface area contributed by atoms with Crippen molar-refractivity contribution in [1.82, 2.24) is 4.90 Å². The summed E-state index contributed by atoms with van der Waals surface area (Å²) in [7, 11) is 1.41. The molecule has 1 saturated carbocycles. The number of benzene rings is 2. The first kappa shape index (κ1) is 17.8. The average molecular weight is 388 g/mol. The molecule has 1 aliphatic carbocycles. The van der Waals surface area contributed by atoms with Gasteiger partial charge in [0.1, 0.15) is 0 Å². The van der Waals surface area contributed by atoms with Crippen LogP contribution in [0.2, 0.25) is 0 Å². The Kier molecular flexibility index (Phi) is 3.75. The Morgan fingerprint density at radius 2 is 1.07 bits per heavy atom. The van der Waals surface area contributed by atoms with Crippen LogP contribution in [-0.2, 0) is 25.6 Å². The molecule has 0 bridgehead atoms. The lowest BCUT2D eigenvalue weighted by molar-refractivity contribution is -0.146. The van der Waals surface area contributed by atoms with Crippen molar-refractivity contribution in [2.45, 2.75) is 13.3 Å². The molecule has 4 unspecified atom stereocenters. The van der Waals surface area contributed by atoms with E-state index in [0.29, 0.717) is 5.69 Å². The monoisotopic (exact) mass is 388 g/mol. The quantitative estimate of drug-likeness (QED) is 0.753. The van der Waals surface area contributed by atoms with E-state index in [0.717, 1.165) is 21.8 Å². The molecule has 0 spiro atoms. The van der Waals surface area contributed by atoms with Crippen LogP contribution in [0.4, 0.5) is 5.69 Å². The second-order valence-corrected chi connectivity index (χ2v) is 8.18. The van der Waals surface area contributed by atoms with E-state index < -0.39 is 23.7 Å². The summed E-state index contributed by atoms with van der Waals surface area (Å²) >= 11 is 0. The van der Waals surface area contributed by atoms with Crippen LogP contribution >= 0.6 is 0 Å². The molecule has 2 aromatic rings. The van der Waals surface area contributed by atoms with E-state index in [1.54, 1.807) is 12.1 Å². The largest absolute Gasteiger partial charge is 0.285 e. The first-order chi connectivity index (χ1) is 13.9. The predicted octanol–water partition coefficient (Wildman–Crippen LogP) is 1.94. The molecule has 0 N–H and O–H groups in total. The summed E-state index contributed by atoms with van der Waals surface area (Å²) in [6.07, 6.45) is 0.757. The van der Waals surface area contributed by atoms with Crippen molar-refractivity contribution in [3.63, 3.8) is 0 Å². The van der Waals surface area contributed by atoms with Gasteiger partial charge in [-0.2, -0.15) is 0 Å². The van der Waals surface area contributed by atoms with Crippen LogP contribution in [0.5, 0.6) is 0 Å². The highest BCUT2D eigenvalue weighted by Crippen LogP contribution is 2.56. The van der Waals surface area contributed by atoms with Gasteiger partial charge in [-0.3, -0.25) is 29.0 Å². The van der Waals surface area contributed by atoms with Crippen LogP contribution in [0.25, 0.3) is 0 Å². The number of anilines is 1. The maximum Gasteiger partial charge on any atom is 0.238 e. The Morgan fingerprint density at radius 1 is 0.655 bits per heavy atom. The molecule has 2 aromatic carbocycles. The summed E-state index contributed by atoms with van der Waals surface area (Å²) in [5.74, 6) is -4.22. The number of rotatable bonds is 3. The normalized spacial score (nSPS) is 27.9. The van der Waals surface area contributed by atoms with Crippen molar-refractivity contribution in [3.05, 3.63) is 65.2 Å². The highest BCUT2D eigenvalue weighted by Gasteiger charge is 2.73. The molecule has 2 aliphatic heterocycles. The lowest BCUT2D eigenvalue weighted by Crippen LogP contribution is -2.50. The third-order valence-corrected chi connectivity index (χ3v) is 6.51. The molecule has 4 amide bonds. The molecular weight excluding hydrogens is 368 g/mol. The number of imide groups is 2. The first-order valence-electron chi connectivity index (χ1n) is 9.72. The van der Waals surface area contributed by atoms with Gasteiger partial charge >= 0.3 is 0 Å². The number of carbonyl (C=O) groups is 4. The Labute approximate surface area is 168 Å². The minimum absolute atomic E-state index is 0.349. The fourth-order valence-corrected chi connectivity index (χ4v) is 4.90. The number of hydrogen-bond acceptors (Lipinski definition) is 4. The second-order valence-electron chi connectivity index (χ2n) is 8.18. The van der Waals surface area contributed by atoms with Crippen LogP contribution < -0.4 is 4.90 Å². The fourth-order valence-electron chi connectivity index (χ4n) is 4.90. The second kappa shape index (κ2) is 6.11. The highest BCUT2D eigenvalue weighted by atomic mass is 16.2. The van der Waals surface area contributed by atoms with Gasteiger partial charge in [0.25, 0.3) is 0 Å². The van der Waals surface area contributed by atoms with E-state index in [-0.39, 0.29) is 23.6 Å². The number of nitrogens with zero attached hydrogens (tertiary/aromatic N) is 2. The molecule has 5 rings (SSSR count). The van der Waals surface area contributed by atoms with Crippen LogP contribution in [0, 0.1) is 30.6 Å².